The molecule has 0 N–H and O–H groups in total. The Hall–Kier alpha value is -8.56. The van der Waals surface area contributed by atoms with Gasteiger partial charge in [-0.25, -0.2) is 0 Å². The van der Waals surface area contributed by atoms with Crippen molar-refractivity contribution in [2.75, 3.05) is 4.90 Å². The maximum Gasteiger partial charge on any atom is 0.0465 e. The van der Waals surface area contributed by atoms with Crippen LogP contribution in [0.25, 0.3) is 108 Å². The van der Waals surface area contributed by atoms with E-state index in [-0.39, 0.29) is 16.2 Å². The summed E-state index contributed by atoms with van der Waals surface area (Å²) in [5, 5.41) is 10.3. The van der Waals surface area contributed by atoms with Crippen LogP contribution in [0.1, 0.15) is 74.9 Å². The van der Waals surface area contributed by atoms with Gasteiger partial charge in [-0.15, -0.1) is 11.3 Å². The molecular weight excluding hydrogens is 947 g/mol. The highest BCUT2D eigenvalue weighted by atomic mass is 32.1. The summed E-state index contributed by atoms with van der Waals surface area (Å²) in [6.45, 7) is 14.4. The minimum Gasteiger partial charge on any atom is -0.310 e. The Bertz CT molecular complexity index is 4620. The SMILES string of the molecule is CC1(C)c2ccccc2-c2ccc(N(c3ccc4c(c3)C(C)(C)c3ccccc3-4)c3ccc4c(c3)C(C)(C)c3cc(-c5cc6c7ccccc7c(-c7ccc8sc9ccccc9c8c7)cc6c6ccccc56)ccc3-4)cc21. The maximum atomic E-state index is 2.53. The number of hydrogen-bond acceptors (Lipinski definition) is 2. The zero-order valence-corrected chi connectivity index (χ0v) is 45.0. The molecule has 3 aliphatic rings. The van der Waals surface area contributed by atoms with Gasteiger partial charge in [0.25, 0.3) is 0 Å². The number of thiophene rings is 1. The van der Waals surface area contributed by atoms with E-state index in [1.807, 2.05) is 11.3 Å². The van der Waals surface area contributed by atoms with Crippen LogP contribution in [0.5, 0.6) is 0 Å². The quantitative estimate of drug-likeness (QED) is 0.155. The number of anilines is 3. The highest BCUT2D eigenvalue weighted by molar-refractivity contribution is 7.25. The summed E-state index contributed by atoms with van der Waals surface area (Å²) in [5.41, 5.74) is 24.3. The summed E-state index contributed by atoms with van der Waals surface area (Å²) in [5.74, 6) is 0. The minimum atomic E-state index is -0.269. The van der Waals surface area contributed by atoms with Gasteiger partial charge < -0.3 is 4.90 Å². The van der Waals surface area contributed by atoms with Crippen LogP contribution in [0, 0.1) is 0 Å². The lowest BCUT2D eigenvalue weighted by Gasteiger charge is -2.31. The van der Waals surface area contributed by atoms with Gasteiger partial charge in [-0.2, -0.15) is 0 Å². The molecule has 2 heteroatoms. The molecule has 0 unspecified atom stereocenters. The molecule has 0 spiro atoms. The molecule has 0 atom stereocenters. The van der Waals surface area contributed by atoms with E-state index >= 15 is 0 Å². The molecule has 0 aliphatic heterocycles. The van der Waals surface area contributed by atoms with Crippen LogP contribution in [-0.4, -0.2) is 0 Å². The maximum absolute atomic E-state index is 2.53. The lowest BCUT2D eigenvalue weighted by Crippen LogP contribution is -2.19. The second-order valence-corrected chi connectivity index (χ2v) is 24.7. The first-order valence-electron chi connectivity index (χ1n) is 27.3. The smallest absolute Gasteiger partial charge is 0.0465 e. The Morgan fingerprint density at radius 3 is 1.13 bits per heavy atom. The summed E-state index contributed by atoms with van der Waals surface area (Å²) >= 11 is 1.88. The first kappa shape index (κ1) is 44.7. The zero-order chi connectivity index (χ0) is 51.7. The molecule has 0 bridgehead atoms. The van der Waals surface area contributed by atoms with E-state index in [9.17, 15) is 0 Å². The average Bonchev–Trinajstić information content (AvgIpc) is 4.22. The van der Waals surface area contributed by atoms with Gasteiger partial charge in [0.15, 0.2) is 0 Å². The van der Waals surface area contributed by atoms with Crippen LogP contribution in [0.2, 0.25) is 0 Å². The number of rotatable bonds is 5. The summed E-state index contributed by atoms with van der Waals surface area (Å²) in [6.07, 6.45) is 0. The van der Waals surface area contributed by atoms with Crippen LogP contribution in [0.15, 0.2) is 224 Å². The third-order valence-corrected chi connectivity index (χ3v) is 19.6. The summed E-state index contributed by atoms with van der Waals surface area (Å²) in [7, 11) is 0. The molecule has 3 aliphatic carbocycles. The van der Waals surface area contributed by atoms with Crippen molar-refractivity contribution in [3.05, 3.63) is 258 Å². The van der Waals surface area contributed by atoms with Gasteiger partial charge in [0.05, 0.1) is 0 Å². The van der Waals surface area contributed by atoms with E-state index in [2.05, 4.69) is 271 Å². The van der Waals surface area contributed by atoms with Gasteiger partial charge in [-0.05, 0) is 194 Å². The summed E-state index contributed by atoms with van der Waals surface area (Å²) in [4.78, 5) is 2.53. The van der Waals surface area contributed by atoms with Gasteiger partial charge in [0.2, 0.25) is 0 Å². The van der Waals surface area contributed by atoms with E-state index in [0.717, 1.165) is 0 Å². The molecule has 1 aromatic heterocycles. The van der Waals surface area contributed by atoms with Crippen molar-refractivity contribution < 1.29 is 0 Å². The van der Waals surface area contributed by atoms with Crippen molar-refractivity contribution in [3.63, 3.8) is 0 Å². The third-order valence-electron chi connectivity index (χ3n) is 18.4. The van der Waals surface area contributed by atoms with Gasteiger partial charge in [0, 0.05) is 53.5 Å². The molecule has 13 aromatic rings. The number of fused-ring (bicyclic) bond motifs is 17. The van der Waals surface area contributed by atoms with E-state index in [1.165, 1.54) is 159 Å². The summed E-state index contributed by atoms with van der Waals surface area (Å²) < 4.78 is 2.66. The monoisotopic (exact) mass is 1000 g/mol. The van der Waals surface area contributed by atoms with Crippen LogP contribution < -0.4 is 4.90 Å². The molecule has 0 amide bonds. The molecule has 77 heavy (non-hydrogen) atoms. The van der Waals surface area contributed by atoms with Crippen molar-refractivity contribution in [1.29, 1.82) is 0 Å². The topological polar surface area (TPSA) is 3.24 Å². The third kappa shape index (κ3) is 6.22. The number of benzene rings is 12. The van der Waals surface area contributed by atoms with Gasteiger partial charge in [0.1, 0.15) is 0 Å². The van der Waals surface area contributed by atoms with Gasteiger partial charge in [-0.3, -0.25) is 0 Å². The number of nitrogens with zero attached hydrogens (tertiary/aromatic N) is 1. The standard InChI is InChI=1S/C75H55NS/c1-73(2)65-24-14-11-21-53(65)56-33-29-46(39-68(56)73)76(47-30-34-57-54-22-12-15-25-66(54)74(3,4)69(57)40-47)48-31-35-58-55-32-27-45(38-67(55)75(5,6)70(58)41-48)61-43-63-51-19-9-7-17-49(51)60(42-62(63)52-20-10-8-18-50(52)61)44-28-36-72-64(37-44)59-23-13-16-26-71(59)77-72/h7-43H,1-6H3. The largest absolute Gasteiger partial charge is 0.310 e. The minimum absolute atomic E-state index is 0.129. The molecule has 0 radical (unpaired) electrons. The summed E-state index contributed by atoms with van der Waals surface area (Å²) in [6, 6.07) is 85.9. The number of hydrogen-bond donors (Lipinski definition) is 0. The molecule has 16 rings (SSSR count). The van der Waals surface area contributed by atoms with Gasteiger partial charge >= 0.3 is 0 Å². The Labute approximate surface area is 454 Å². The van der Waals surface area contributed by atoms with Crippen LogP contribution in [0.4, 0.5) is 17.1 Å². The second kappa shape index (κ2) is 15.8. The average molecular weight is 1000 g/mol. The molecule has 366 valence electrons. The first-order valence-corrected chi connectivity index (χ1v) is 28.1. The molecule has 0 fully saturated rings. The van der Waals surface area contributed by atoms with Crippen LogP contribution in [-0.2, 0) is 16.2 Å². The Morgan fingerprint density at radius 2 is 0.610 bits per heavy atom. The fourth-order valence-corrected chi connectivity index (χ4v) is 15.6. The normalized spacial score (nSPS) is 14.9. The Kier molecular flexibility index (Phi) is 9.15. The van der Waals surface area contributed by atoms with Crippen molar-refractivity contribution >= 4 is 80.9 Å². The van der Waals surface area contributed by atoms with Crippen molar-refractivity contribution in [2.24, 2.45) is 0 Å². The van der Waals surface area contributed by atoms with Crippen molar-refractivity contribution in [1.82, 2.24) is 0 Å². The highest BCUT2D eigenvalue weighted by Crippen LogP contribution is 2.56. The van der Waals surface area contributed by atoms with Crippen molar-refractivity contribution in [3.8, 4) is 55.6 Å². The Morgan fingerprint density at radius 1 is 0.247 bits per heavy atom. The molecule has 1 nitrogen and oxygen atoms in total. The van der Waals surface area contributed by atoms with Gasteiger partial charge in [-0.1, -0.05) is 193 Å². The van der Waals surface area contributed by atoms with E-state index in [1.54, 1.807) is 0 Å². The zero-order valence-electron chi connectivity index (χ0n) is 44.2. The van der Waals surface area contributed by atoms with Crippen LogP contribution in [0.3, 0.4) is 0 Å². The molecular formula is C75H55NS. The van der Waals surface area contributed by atoms with Crippen molar-refractivity contribution in [2.45, 2.75) is 57.8 Å². The first-order chi connectivity index (χ1) is 37.4. The van der Waals surface area contributed by atoms with E-state index in [4.69, 9.17) is 0 Å². The highest BCUT2D eigenvalue weighted by Gasteiger charge is 2.40. The van der Waals surface area contributed by atoms with E-state index < -0.39 is 0 Å². The molecule has 12 aromatic carbocycles. The second-order valence-electron chi connectivity index (χ2n) is 23.6. The predicted octanol–water partition coefficient (Wildman–Crippen LogP) is 21.2. The predicted molar refractivity (Wildman–Crippen MR) is 330 cm³/mol. The Balaban J connectivity index is 0.831. The van der Waals surface area contributed by atoms with Crippen LogP contribution >= 0.6 is 11.3 Å². The molecule has 1 heterocycles. The fourth-order valence-electron chi connectivity index (χ4n) is 14.5. The van der Waals surface area contributed by atoms with E-state index in [0.29, 0.717) is 0 Å². The lowest BCUT2D eigenvalue weighted by atomic mass is 9.80. The molecule has 0 saturated heterocycles. The molecule has 0 saturated carbocycles. The lowest BCUT2D eigenvalue weighted by molar-refractivity contribution is 0.659. The fraction of sp³-hybridized carbons (Fsp3) is 0.120.